The van der Waals surface area contributed by atoms with Crippen molar-refractivity contribution >= 4 is 12.1 Å². The lowest BCUT2D eigenvalue weighted by Crippen LogP contribution is -2.48. The van der Waals surface area contributed by atoms with Crippen molar-refractivity contribution in [1.82, 2.24) is 4.90 Å². The summed E-state index contributed by atoms with van der Waals surface area (Å²) in [6.07, 6.45) is 1.48. The molecular weight excluding hydrogens is 422 g/mol. The Labute approximate surface area is 194 Å². The van der Waals surface area contributed by atoms with Crippen LogP contribution in [-0.2, 0) is 17.6 Å². The van der Waals surface area contributed by atoms with Gasteiger partial charge in [-0.05, 0) is 81.8 Å². The Bertz CT molecular complexity index is 953. The third-order valence-corrected chi connectivity index (χ3v) is 5.55. The monoisotopic (exact) mass is 455 g/mol. The zero-order valence-electron chi connectivity index (χ0n) is 19.5. The van der Waals surface area contributed by atoms with E-state index in [0.29, 0.717) is 12.2 Å². The summed E-state index contributed by atoms with van der Waals surface area (Å²) in [5.41, 5.74) is 1.56. The zero-order valence-corrected chi connectivity index (χ0v) is 19.5. The van der Waals surface area contributed by atoms with E-state index in [4.69, 9.17) is 9.47 Å². The predicted molar refractivity (Wildman–Crippen MR) is 125 cm³/mol. The molecule has 33 heavy (non-hydrogen) atoms. The number of carboxylic acid groups (broad SMARTS) is 1. The summed E-state index contributed by atoms with van der Waals surface area (Å²) in [6, 6.07) is 14.1. The Kier molecular flexibility index (Phi) is 7.97. The summed E-state index contributed by atoms with van der Waals surface area (Å²) < 4.78 is 11.3. The number of amides is 1. The van der Waals surface area contributed by atoms with Gasteiger partial charge in [-0.3, -0.25) is 0 Å². The van der Waals surface area contributed by atoms with Crippen LogP contribution in [0.2, 0.25) is 0 Å². The van der Waals surface area contributed by atoms with Gasteiger partial charge in [-0.2, -0.15) is 0 Å². The second kappa shape index (κ2) is 10.7. The van der Waals surface area contributed by atoms with Crippen LogP contribution in [0.25, 0.3) is 0 Å². The third kappa shape index (κ3) is 7.22. The molecule has 0 fully saturated rings. The van der Waals surface area contributed by atoms with Gasteiger partial charge in [0.25, 0.3) is 0 Å². The number of carbonyl (C=O) groups excluding carboxylic acids is 1. The van der Waals surface area contributed by atoms with Crippen molar-refractivity contribution < 1.29 is 29.3 Å². The molecule has 2 N–H and O–H groups in total. The summed E-state index contributed by atoms with van der Waals surface area (Å²) in [4.78, 5) is 26.2. The smallest absolute Gasteiger partial charge is 0.410 e. The first-order chi connectivity index (χ1) is 15.6. The maximum Gasteiger partial charge on any atom is 0.410 e. The number of carbonyl (C=O) groups is 2. The maximum atomic E-state index is 13.1. The van der Waals surface area contributed by atoms with Crippen LogP contribution in [0.15, 0.2) is 48.5 Å². The standard InChI is InChI=1S/C26H33NO6/c1-26(2,3)33-25(31)27(16-22(28)17-32-23-10-5-4-6-11-23)21-9-7-8-18-12-13-19(24(29)30)14-20(18)15-21/h4-6,10-14,21-22,28H,7-9,15-17H2,1-3H3,(H,29,30)/t21?,22-/m0/s1. The first kappa shape index (κ1) is 24.6. The number of rotatable bonds is 7. The molecule has 2 atom stereocenters. The van der Waals surface area contributed by atoms with Gasteiger partial charge in [-0.25, -0.2) is 9.59 Å². The molecule has 7 heteroatoms. The number of hydrogen-bond acceptors (Lipinski definition) is 5. The quantitative estimate of drug-likeness (QED) is 0.604. The van der Waals surface area contributed by atoms with E-state index in [0.717, 1.165) is 30.4 Å². The molecule has 3 rings (SSSR count). The summed E-state index contributed by atoms with van der Waals surface area (Å²) in [5.74, 6) is -0.332. The number of nitrogens with zero attached hydrogens (tertiary/aromatic N) is 1. The highest BCUT2D eigenvalue weighted by molar-refractivity contribution is 5.88. The largest absolute Gasteiger partial charge is 0.491 e. The SMILES string of the molecule is CC(C)(C)OC(=O)N(C[C@H](O)COc1ccccc1)C1CCCc2ccc(C(=O)O)cc2C1. The molecule has 1 amide bonds. The van der Waals surface area contributed by atoms with Gasteiger partial charge in [-0.15, -0.1) is 0 Å². The number of aliphatic hydroxyl groups excluding tert-OH is 1. The molecule has 2 aromatic carbocycles. The van der Waals surface area contributed by atoms with E-state index in [-0.39, 0.29) is 24.8 Å². The van der Waals surface area contributed by atoms with Crippen molar-refractivity contribution in [1.29, 1.82) is 0 Å². The molecule has 1 aliphatic rings. The fourth-order valence-corrected chi connectivity index (χ4v) is 4.03. The molecule has 0 aliphatic heterocycles. The lowest BCUT2D eigenvalue weighted by molar-refractivity contribution is -0.00279. The lowest BCUT2D eigenvalue weighted by Gasteiger charge is -2.34. The van der Waals surface area contributed by atoms with Gasteiger partial charge >= 0.3 is 12.1 Å². The molecule has 0 saturated carbocycles. The second-order valence-corrected chi connectivity index (χ2v) is 9.45. The van der Waals surface area contributed by atoms with Crippen LogP contribution in [0.5, 0.6) is 5.75 Å². The topological polar surface area (TPSA) is 96.3 Å². The van der Waals surface area contributed by atoms with Gasteiger partial charge in [0.1, 0.15) is 24.1 Å². The summed E-state index contributed by atoms with van der Waals surface area (Å²) in [5, 5.41) is 20.1. The van der Waals surface area contributed by atoms with Crippen molar-refractivity contribution in [3.63, 3.8) is 0 Å². The minimum atomic E-state index is -0.976. The average molecular weight is 456 g/mol. The number of para-hydroxylation sites is 1. The minimum absolute atomic E-state index is 0.0375. The molecule has 1 unspecified atom stereocenters. The number of ether oxygens (including phenoxy) is 2. The van der Waals surface area contributed by atoms with E-state index in [1.807, 2.05) is 24.3 Å². The second-order valence-electron chi connectivity index (χ2n) is 9.45. The van der Waals surface area contributed by atoms with Crippen LogP contribution in [0, 0.1) is 0 Å². The fraction of sp³-hybridized carbons (Fsp3) is 0.462. The Balaban J connectivity index is 1.78. The number of carboxylic acids is 1. The van der Waals surface area contributed by atoms with Crippen LogP contribution in [-0.4, -0.2) is 58.1 Å². The molecule has 0 radical (unpaired) electrons. The summed E-state index contributed by atoms with van der Waals surface area (Å²) >= 11 is 0. The summed E-state index contributed by atoms with van der Waals surface area (Å²) in [6.45, 7) is 5.51. The van der Waals surface area contributed by atoms with Crippen LogP contribution in [0.1, 0.15) is 55.1 Å². The van der Waals surface area contributed by atoms with E-state index in [9.17, 15) is 19.8 Å². The molecular formula is C26H33NO6. The number of aryl methyl sites for hydroxylation is 1. The molecule has 0 bridgehead atoms. The normalized spacial score (nSPS) is 16.8. The van der Waals surface area contributed by atoms with E-state index < -0.39 is 23.8 Å². The molecule has 0 heterocycles. The van der Waals surface area contributed by atoms with Crippen LogP contribution in [0.4, 0.5) is 4.79 Å². The number of benzene rings is 2. The van der Waals surface area contributed by atoms with Gasteiger partial charge in [0.15, 0.2) is 0 Å². The average Bonchev–Trinajstić information content (AvgIpc) is 2.97. The summed E-state index contributed by atoms with van der Waals surface area (Å²) in [7, 11) is 0. The molecule has 178 valence electrons. The predicted octanol–water partition coefficient (Wildman–Crippen LogP) is 4.31. The molecule has 0 saturated heterocycles. The third-order valence-electron chi connectivity index (χ3n) is 5.55. The molecule has 0 aromatic heterocycles. The van der Waals surface area contributed by atoms with Crippen molar-refractivity contribution in [2.24, 2.45) is 0 Å². The van der Waals surface area contributed by atoms with Crippen molar-refractivity contribution in [3.8, 4) is 5.75 Å². The van der Waals surface area contributed by atoms with Crippen LogP contribution in [0.3, 0.4) is 0 Å². The highest BCUT2D eigenvalue weighted by Crippen LogP contribution is 2.26. The number of fused-ring (bicyclic) bond motifs is 1. The molecule has 0 spiro atoms. The van der Waals surface area contributed by atoms with Crippen molar-refractivity contribution in [2.45, 2.75) is 64.2 Å². The first-order valence-corrected chi connectivity index (χ1v) is 11.3. The van der Waals surface area contributed by atoms with Crippen molar-refractivity contribution in [3.05, 3.63) is 65.2 Å². The Morgan fingerprint density at radius 1 is 1.12 bits per heavy atom. The minimum Gasteiger partial charge on any atom is -0.491 e. The lowest BCUT2D eigenvalue weighted by atomic mass is 9.98. The number of aromatic carboxylic acids is 1. The van der Waals surface area contributed by atoms with E-state index >= 15 is 0 Å². The molecule has 7 nitrogen and oxygen atoms in total. The molecule has 2 aromatic rings. The first-order valence-electron chi connectivity index (χ1n) is 11.3. The van der Waals surface area contributed by atoms with Gasteiger partial charge < -0.3 is 24.6 Å². The number of aliphatic hydroxyl groups is 1. The van der Waals surface area contributed by atoms with E-state index in [2.05, 4.69) is 0 Å². The fourth-order valence-electron chi connectivity index (χ4n) is 4.03. The maximum absolute atomic E-state index is 13.1. The Hall–Kier alpha value is -3.06. The van der Waals surface area contributed by atoms with Gasteiger partial charge in [0.2, 0.25) is 0 Å². The van der Waals surface area contributed by atoms with E-state index in [1.54, 1.807) is 49.9 Å². The number of hydrogen-bond donors (Lipinski definition) is 2. The van der Waals surface area contributed by atoms with E-state index in [1.165, 1.54) is 0 Å². The van der Waals surface area contributed by atoms with Crippen molar-refractivity contribution in [2.75, 3.05) is 13.2 Å². The van der Waals surface area contributed by atoms with Gasteiger partial charge in [0, 0.05) is 6.04 Å². The van der Waals surface area contributed by atoms with Gasteiger partial charge in [-0.1, -0.05) is 24.3 Å². The Morgan fingerprint density at radius 2 is 1.85 bits per heavy atom. The van der Waals surface area contributed by atoms with Crippen LogP contribution >= 0.6 is 0 Å². The highest BCUT2D eigenvalue weighted by Gasteiger charge is 2.32. The molecule has 1 aliphatic carbocycles. The van der Waals surface area contributed by atoms with Crippen LogP contribution < -0.4 is 4.74 Å². The van der Waals surface area contributed by atoms with Gasteiger partial charge in [0.05, 0.1) is 12.1 Å². The highest BCUT2D eigenvalue weighted by atomic mass is 16.6. The Morgan fingerprint density at radius 3 is 2.52 bits per heavy atom. The zero-order chi connectivity index (χ0) is 24.0.